The minimum Gasteiger partial charge on any atom is -0.427 e. The van der Waals surface area contributed by atoms with Gasteiger partial charge in [-0.15, -0.1) is 0 Å². The first-order valence-corrected chi connectivity index (χ1v) is 9.31. The SMILES string of the molecule is CC(=O)Oc1cccc(C(=O)Nc2ccccc2NC(=O)c2ccccc2C(F)(F)F)c1. The van der Waals surface area contributed by atoms with Crippen molar-refractivity contribution >= 4 is 29.2 Å². The number of carbonyl (C=O) groups excluding carboxylic acids is 3. The molecule has 3 rings (SSSR count). The van der Waals surface area contributed by atoms with Gasteiger partial charge < -0.3 is 15.4 Å². The summed E-state index contributed by atoms with van der Waals surface area (Å²) in [6.45, 7) is 1.22. The molecule has 0 aliphatic heterocycles. The average Bonchev–Trinajstić information content (AvgIpc) is 2.74. The lowest BCUT2D eigenvalue weighted by Crippen LogP contribution is -2.20. The Labute approximate surface area is 181 Å². The summed E-state index contributed by atoms with van der Waals surface area (Å²) in [6.07, 6.45) is -4.70. The smallest absolute Gasteiger partial charge is 0.417 e. The molecule has 164 valence electrons. The Balaban J connectivity index is 1.82. The highest BCUT2D eigenvalue weighted by atomic mass is 19.4. The average molecular weight is 442 g/mol. The number of carbonyl (C=O) groups is 3. The molecule has 2 N–H and O–H groups in total. The van der Waals surface area contributed by atoms with E-state index in [4.69, 9.17) is 4.74 Å². The summed E-state index contributed by atoms with van der Waals surface area (Å²) in [4.78, 5) is 36.3. The van der Waals surface area contributed by atoms with E-state index in [1.165, 1.54) is 55.5 Å². The Bertz CT molecular complexity index is 1180. The Hall–Kier alpha value is -4.14. The molecular formula is C23H17F3N2O4. The van der Waals surface area contributed by atoms with Crippen LogP contribution in [-0.2, 0) is 11.0 Å². The molecule has 3 aromatic carbocycles. The molecule has 9 heteroatoms. The third-order valence-corrected chi connectivity index (χ3v) is 4.26. The van der Waals surface area contributed by atoms with Gasteiger partial charge in [-0.3, -0.25) is 14.4 Å². The molecule has 0 heterocycles. The van der Waals surface area contributed by atoms with Crippen molar-refractivity contribution in [2.24, 2.45) is 0 Å². The number of nitrogens with one attached hydrogen (secondary N) is 2. The van der Waals surface area contributed by atoms with Crippen molar-refractivity contribution < 1.29 is 32.3 Å². The maximum Gasteiger partial charge on any atom is 0.417 e. The van der Waals surface area contributed by atoms with Crippen molar-refractivity contribution in [1.29, 1.82) is 0 Å². The van der Waals surface area contributed by atoms with E-state index in [0.29, 0.717) is 0 Å². The van der Waals surface area contributed by atoms with Crippen molar-refractivity contribution in [3.05, 3.63) is 89.5 Å². The van der Waals surface area contributed by atoms with E-state index in [1.807, 2.05) is 0 Å². The molecule has 0 fully saturated rings. The van der Waals surface area contributed by atoms with Crippen LogP contribution in [0.2, 0.25) is 0 Å². The van der Waals surface area contributed by atoms with Crippen LogP contribution in [0.15, 0.2) is 72.8 Å². The second-order valence-electron chi connectivity index (χ2n) is 6.62. The van der Waals surface area contributed by atoms with Gasteiger partial charge in [-0.25, -0.2) is 0 Å². The fourth-order valence-electron chi connectivity index (χ4n) is 2.88. The summed E-state index contributed by atoms with van der Waals surface area (Å²) in [5.41, 5.74) is -1.16. The number of halogens is 3. The summed E-state index contributed by atoms with van der Waals surface area (Å²) >= 11 is 0. The topological polar surface area (TPSA) is 84.5 Å². The quantitative estimate of drug-likeness (QED) is 0.424. The fourth-order valence-corrected chi connectivity index (χ4v) is 2.88. The van der Waals surface area contributed by atoms with Gasteiger partial charge in [0.15, 0.2) is 0 Å². The third kappa shape index (κ3) is 5.51. The minimum absolute atomic E-state index is 0.110. The van der Waals surface area contributed by atoms with Gasteiger partial charge in [0.25, 0.3) is 11.8 Å². The highest BCUT2D eigenvalue weighted by molar-refractivity contribution is 6.10. The summed E-state index contributed by atoms with van der Waals surface area (Å²) in [5.74, 6) is -1.92. The highest BCUT2D eigenvalue weighted by Gasteiger charge is 2.34. The van der Waals surface area contributed by atoms with Crippen molar-refractivity contribution in [2.45, 2.75) is 13.1 Å². The van der Waals surface area contributed by atoms with Crippen molar-refractivity contribution in [3.63, 3.8) is 0 Å². The molecule has 0 saturated heterocycles. The number of hydrogen-bond acceptors (Lipinski definition) is 4. The Morgan fingerprint density at radius 1 is 0.781 bits per heavy atom. The number of benzene rings is 3. The Morgan fingerprint density at radius 3 is 2.00 bits per heavy atom. The predicted molar refractivity (Wildman–Crippen MR) is 112 cm³/mol. The van der Waals surface area contributed by atoms with Crippen molar-refractivity contribution in [2.75, 3.05) is 10.6 Å². The van der Waals surface area contributed by atoms with E-state index in [2.05, 4.69) is 10.6 Å². The molecule has 0 unspecified atom stereocenters. The maximum atomic E-state index is 13.2. The first kappa shape index (κ1) is 22.5. The molecule has 32 heavy (non-hydrogen) atoms. The second-order valence-corrected chi connectivity index (χ2v) is 6.62. The van der Waals surface area contributed by atoms with E-state index in [9.17, 15) is 27.6 Å². The Morgan fingerprint density at radius 2 is 1.38 bits per heavy atom. The molecule has 3 aromatic rings. The molecule has 0 aliphatic rings. The van der Waals surface area contributed by atoms with Crippen molar-refractivity contribution in [1.82, 2.24) is 0 Å². The van der Waals surface area contributed by atoms with Gasteiger partial charge in [-0.05, 0) is 42.5 Å². The maximum absolute atomic E-state index is 13.2. The molecule has 0 radical (unpaired) electrons. The summed E-state index contributed by atoms with van der Waals surface area (Å²) in [7, 11) is 0. The van der Waals surface area contributed by atoms with Gasteiger partial charge in [0.1, 0.15) is 5.75 Å². The zero-order chi connectivity index (χ0) is 23.3. The first-order valence-electron chi connectivity index (χ1n) is 9.31. The molecule has 6 nitrogen and oxygen atoms in total. The number of esters is 1. The van der Waals surface area contributed by atoms with E-state index >= 15 is 0 Å². The number of para-hydroxylation sites is 2. The fraction of sp³-hybridized carbons (Fsp3) is 0.0870. The number of anilines is 2. The van der Waals surface area contributed by atoms with Crippen LogP contribution in [0.5, 0.6) is 5.75 Å². The van der Waals surface area contributed by atoms with Gasteiger partial charge in [0.2, 0.25) is 0 Å². The number of alkyl halides is 3. The van der Waals surface area contributed by atoms with Crippen LogP contribution in [-0.4, -0.2) is 17.8 Å². The van der Waals surface area contributed by atoms with E-state index < -0.39 is 35.1 Å². The standard InChI is InChI=1S/C23H17F3N2O4/c1-14(29)32-16-8-6-7-15(13-16)21(30)27-19-11-4-5-12-20(19)28-22(31)17-9-2-3-10-18(17)23(24,25)26/h2-13H,1H3,(H,27,30)(H,28,31). The van der Waals surface area contributed by atoms with Crippen molar-refractivity contribution in [3.8, 4) is 5.75 Å². The van der Waals surface area contributed by atoms with E-state index in [-0.39, 0.29) is 22.7 Å². The second kappa shape index (κ2) is 9.34. The first-order chi connectivity index (χ1) is 15.1. The number of hydrogen-bond donors (Lipinski definition) is 2. The zero-order valence-electron chi connectivity index (χ0n) is 16.7. The normalized spacial score (nSPS) is 10.9. The molecule has 0 aliphatic carbocycles. The van der Waals surface area contributed by atoms with E-state index in [0.717, 1.165) is 12.1 Å². The third-order valence-electron chi connectivity index (χ3n) is 4.26. The van der Waals surface area contributed by atoms with Gasteiger partial charge in [-0.2, -0.15) is 13.2 Å². The van der Waals surface area contributed by atoms with Gasteiger partial charge >= 0.3 is 12.1 Å². The lowest BCUT2D eigenvalue weighted by molar-refractivity contribution is -0.138. The molecule has 0 atom stereocenters. The minimum atomic E-state index is -4.70. The zero-order valence-corrected chi connectivity index (χ0v) is 16.7. The van der Waals surface area contributed by atoms with E-state index in [1.54, 1.807) is 12.1 Å². The number of ether oxygens (including phenoxy) is 1. The monoisotopic (exact) mass is 442 g/mol. The van der Waals surface area contributed by atoms with Crippen LogP contribution in [0.1, 0.15) is 33.2 Å². The molecule has 0 aromatic heterocycles. The van der Waals surface area contributed by atoms with Crippen LogP contribution in [0.4, 0.5) is 24.5 Å². The van der Waals surface area contributed by atoms with Crippen LogP contribution in [0, 0.1) is 0 Å². The summed E-state index contributed by atoms with van der Waals surface area (Å²) in [6, 6.07) is 16.4. The van der Waals surface area contributed by atoms with Crippen LogP contribution in [0.25, 0.3) is 0 Å². The van der Waals surface area contributed by atoms with Crippen LogP contribution >= 0.6 is 0 Å². The van der Waals surface area contributed by atoms with Gasteiger partial charge in [-0.1, -0.05) is 30.3 Å². The van der Waals surface area contributed by atoms with Crippen LogP contribution in [0.3, 0.4) is 0 Å². The molecule has 2 amide bonds. The highest BCUT2D eigenvalue weighted by Crippen LogP contribution is 2.32. The van der Waals surface area contributed by atoms with Gasteiger partial charge in [0, 0.05) is 12.5 Å². The molecule has 0 spiro atoms. The Kier molecular flexibility index (Phi) is 6.58. The lowest BCUT2D eigenvalue weighted by atomic mass is 10.1. The van der Waals surface area contributed by atoms with Crippen LogP contribution < -0.4 is 15.4 Å². The predicted octanol–water partition coefficient (Wildman–Crippen LogP) is 5.14. The molecule has 0 bridgehead atoms. The summed E-state index contributed by atoms with van der Waals surface area (Å²) < 4.78 is 44.6. The van der Waals surface area contributed by atoms with Gasteiger partial charge in [0.05, 0.1) is 22.5 Å². The molecule has 0 saturated carbocycles. The summed E-state index contributed by atoms with van der Waals surface area (Å²) in [5, 5.41) is 5.00. The lowest BCUT2D eigenvalue weighted by Gasteiger charge is -2.15. The molecular weight excluding hydrogens is 425 g/mol. The number of rotatable bonds is 5. The number of amides is 2. The largest absolute Gasteiger partial charge is 0.427 e.